The van der Waals surface area contributed by atoms with Crippen molar-refractivity contribution in [3.8, 4) is 0 Å². The molecule has 4 heteroatoms. The average Bonchev–Trinajstić information content (AvgIpc) is 2.60. The number of amides is 1. The number of Topliss-reactive ketones (excluding diaryl/α,β-unsaturated/α-hetero) is 1. The molecular weight excluding hydrogens is 302 g/mol. The number of carbonyl (C=O) groups excluding carboxylic acids is 2. The molecule has 1 atom stereocenters. The molecule has 0 aliphatic carbocycles. The third-order valence-corrected chi connectivity index (χ3v) is 4.88. The summed E-state index contributed by atoms with van der Waals surface area (Å²) in [6, 6.07) is 5.71. The van der Waals surface area contributed by atoms with Gasteiger partial charge < -0.3 is 9.64 Å². The van der Waals surface area contributed by atoms with E-state index in [0.29, 0.717) is 12.1 Å². The number of benzene rings is 1. The van der Waals surface area contributed by atoms with E-state index >= 15 is 0 Å². The topological polar surface area (TPSA) is 46.6 Å². The van der Waals surface area contributed by atoms with Crippen LogP contribution in [0.2, 0.25) is 0 Å². The smallest absolute Gasteiger partial charge is 0.222 e. The highest BCUT2D eigenvalue weighted by molar-refractivity contribution is 5.98. The van der Waals surface area contributed by atoms with Crippen molar-refractivity contribution in [2.75, 3.05) is 20.2 Å². The lowest BCUT2D eigenvalue weighted by molar-refractivity contribution is -0.130. The molecular formula is C20H29NO3. The number of ether oxygens (including phenoxy) is 1. The highest BCUT2D eigenvalue weighted by Crippen LogP contribution is 2.16. The van der Waals surface area contributed by atoms with Crippen molar-refractivity contribution in [3.05, 3.63) is 34.9 Å². The van der Waals surface area contributed by atoms with Crippen molar-refractivity contribution in [1.29, 1.82) is 0 Å². The Bertz CT molecular complexity index is 576. The van der Waals surface area contributed by atoms with E-state index in [1.54, 1.807) is 4.90 Å². The van der Waals surface area contributed by atoms with E-state index < -0.39 is 0 Å². The Morgan fingerprint density at radius 3 is 2.62 bits per heavy atom. The molecule has 1 unspecified atom stereocenters. The van der Waals surface area contributed by atoms with Gasteiger partial charge in [0.15, 0.2) is 5.78 Å². The Morgan fingerprint density at radius 1 is 1.17 bits per heavy atom. The molecule has 1 amide bonds. The predicted octanol–water partition coefficient (Wildman–Crippen LogP) is 3.68. The normalized spacial score (nSPS) is 17.5. The van der Waals surface area contributed by atoms with Crippen LogP contribution >= 0.6 is 0 Å². The second-order valence-electron chi connectivity index (χ2n) is 6.81. The first-order valence-electron chi connectivity index (χ1n) is 8.93. The van der Waals surface area contributed by atoms with Crippen molar-refractivity contribution in [3.63, 3.8) is 0 Å². The summed E-state index contributed by atoms with van der Waals surface area (Å²) in [7, 11) is 1.81. The van der Waals surface area contributed by atoms with Crippen LogP contribution in [-0.4, -0.2) is 42.9 Å². The number of nitrogens with zero attached hydrogens (tertiary/aromatic N) is 1. The van der Waals surface area contributed by atoms with Crippen LogP contribution in [0, 0.1) is 13.8 Å². The minimum absolute atomic E-state index is 0.0305. The van der Waals surface area contributed by atoms with Crippen molar-refractivity contribution in [1.82, 2.24) is 4.90 Å². The highest BCUT2D eigenvalue weighted by atomic mass is 16.5. The average molecular weight is 331 g/mol. The Kier molecular flexibility index (Phi) is 6.98. The van der Waals surface area contributed by atoms with Crippen LogP contribution in [0.3, 0.4) is 0 Å². The third-order valence-electron chi connectivity index (χ3n) is 4.88. The molecule has 1 aliphatic heterocycles. The molecule has 1 saturated heterocycles. The molecule has 132 valence electrons. The molecule has 1 fully saturated rings. The molecule has 1 aliphatic rings. The van der Waals surface area contributed by atoms with Crippen LogP contribution < -0.4 is 0 Å². The molecule has 1 aromatic rings. The van der Waals surface area contributed by atoms with Gasteiger partial charge in [-0.05, 0) is 56.7 Å². The van der Waals surface area contributed by atoms with E-state index in [0.717, 1.165) is 31.4 Å². The van der Waals surface area contributed by atoms with Crippen LogP contribution in [0.25, 0.3) is 0 Å². The molecule has 0 saturated carbocycles. The number of rotatable bonds is 7. The van der Waals surface area contributed by atoms with E-state index in [2.05, 4.69) is 0 Å². The van der Waals surface area contributed by atoms with Gasteiger partial charge in [0, 0.05) is 38.6 Å². The van der Waals surface area contributed by atoms with E-state index in [1.165, 1.54) is 12.0 Å². The van der Waals surface area contributed by atoms with Gasteiger partial charge in [-0.15, -0.1) is 0 Å². The first-order valence-corrected chi connectivity index (χ1v) is 8.93. The largest absolute Gasteiger partial charge is 0.378 e. The Balaban J connectivity index is 1.74. The van der Waals surface area contributed by atoms with Crippen LogP contribution in [0.5, 0.6) is 0 Å². The van der Waals surface area contributed by atoms with Gasteiger partial charge in [-0.2, -0.15) is 0 Å². The quantitative estimate of drug-likeness (QED) is 0.716. The summed E-state index contributed by atoms with van der Waals surface area (Å²) in [5.41, 5.74) is 2.98. The van der Waals surface area contributed by atoms with Crippen LogP contribution in [0.1, 0.15) is 60.0 Å². The number of carbonyl (C=O) groups is 2. The van der Waals surface area contributed by atoms with Crippen LogP contribution in [0.4, 0.5) is 0 Å². The molecule has 0 aromatic heterocycles. The van der Waals surface area contributed by atoms with Crippen molar-refractivity contribution >= 4 is 11.7 Å². The summed E-state index contributed by atoms with van der Waals surface area (Å²) in [5.74, 6) is 0.0680. The summed E-state index contributed by atoms with van der Waals surface area (Å²) in [6.45, 7) is 5.56. The fraction of sp³-hybridized carbons (Fsp3) is 0.600. The van der Waals surface area contributed by atoms with Gasteiger partial charge in [0.1, 0.15) is 0 Å². The summed E-state index contributed by atoms with van der Waals surface area (Å²) < 4.78 is 5.69. The van der Waals surface area contributed by atoms with Gasteiger partial charge in [-0.3, -0.25) is 9.59 Å². The second kappa shape index (κ2) is 8.97. The minimum atomic E-state index is 0.0305. The zero-order valence-electron chi connectivity index (χ0n) is 15.1. The van der Waals surface area contributed by atoms with E-state index in [-0.39, 0.29) is 30.6 Å². The standard InChI is InChI=1S/C20H29NO3/c1-15-7-8-17(14-16(15)2)19(22)9-10-20(23)21(3)12-11-18-6-4-5-13-24-18/h7-8,14,18H,4-6,9-13H2,1-3H3. The predicted molar refractivity (Wildman–Crippen MR) is 95.3 cm³/mol. The SMILES string of the molecule is Cc1ccc(C(=O)CCC(=O)N(C)CCC2CCCCO2)cc1C. The number of hydrogen-bond donors (Lipinski definition) is 0. The van der Waals surface area contributed by atoms with Crippen LogP contribution in [-0.2, 0) is 9.53 Å². The molecule has 24 heavy (non-hydrogen) atoms. The molecule has 2 rings (SSSR count). The molecule has 0 N–H and O–H groups in total. The maximum atomic E-state index is 12.2. The Labute approximate surface area is 145 Å². The minimum Gasteiger partial charge on any atom is -0.378 e. The summed E-state index contributed by atoms with van der Waals surface area (Å²) >= 11 is 0. The van der Waals surface area contributed by atoms with Crippen molar-refractivity contribution in [2.24, 2.45) is 0 Å². The highest BCUT2D eigenvalue weighted by Gasteiger charge is 2.17. The Morgan fingerprint density at radius 2 is 1.96 bits per heavy atom. The fourth-order valence-electron chi connectivity index (χ4n) is 2.97. The van der Waals surface area contributed by atoms with Gasteiger partial charge in [0.25, 0.3) is 0 Å². The lowest BCUT2D eigenvalue weighted by Gasteiger charge is -2.25. The summed E-state index contributed by atoms with van der Waals surface area (Å²) in [5, 5.41) is 0. The zero-order valence-corrected chi connectivity index (χ0v) is 15.1. The maximum Gasteiger partial charge on any atom is 0.222 e. The molecule has 1 heterocycles. The Hall–Kier alpha value is -1.68. The molecule has 0 bridgehead atoms. The molecule has 4 nitrogen and oxygen atoms in total. The maximum absolute atomic E-state index is 12.2. The number of hydrogen-bond acceptors (Lipinski definition) is 3. The molecule has 0 radical (unpaired) electrons. The van der Waals surface area contributed by atoms with E-state index in [9.17, 15) is 9.59 Å². The monoisotopic (exact) mass is 331 g/mol. The number of aryl methyl sites for hydroxylation is 2. The lowest BCUT2D eigenvalue weighted by Crippen LogP contribution is -2.31. The first kappa shape index (κ1) is 18.7. The van der Waals surface area contributed by atoms with Crippen LogP contribution in [0.15, 0.2) is 18.2 Å². The van der Waals surface area contributed by atoms with Gasteiger partial charge in [0.2, 0.25) is 5.91 Å². The summed E-state index contributed by atoms with van der Waals surface area (Å²) in [6.07, 6.45) is 5.16. The van der Waals surface area contributed by atoms with Gasteiger partial charge in [-0.1, -0.05) is 12.1 Å². The van der Waals surface area contributed by atoms with Gasteiger partial charge >= 0.3 is 0 Å². The van der Waals surface area contributed by atoms with E-state index in [4.69, 9.17) is 4.74 Å². The second-order valence-corrected chi connectivity index (χ2v) is 6.81. The first-order chi connectivity index (χ1) is 11.5. The lowest BCUT2D eigenvalue weighted by atomic mass is 10.0. The van der Waals surface area contributed by atoms with Gasteiger partial charge in [-0.25, -0.2) is 0 Å². The van der Waals surface area contributed by atoms with E-state index in [1.807, 2.05) is 39.1 Å². The molecule has 1 aromatic carbocycles. The van der Waals surface area contributed by atoms with Gasteiger partial charge in [0.05, 0.1) is 6.10 Å². The van der Waals surface area contributed by atoms with Crippen molar-refractivity contribution in [2.45, 2.75) is 58.5 Å². The fourth-order valence-corrected chi connectivity index (χ4v) is 2.97. The molecule has 0 spiro atoms. The summed E-state index contributed by atoms with van der Waals surface area (Å²) in [4.78, 5) is 26.2. The third kappa shape index (κ3) is 5.45. The van der Waals surface area contributed by atoms with Crippen molar-refractivity contribution < 1.29 is 14.3 Å². The number of ketones is 1. The zero-order chi connectivity index (χ0) is 17.5.